The topological polar surface area (TPSA) is 38.7 Å². The quantitative estimate of drug-likeness (QED) is 0.917. The van der Waals surface area contributed by atoms with E-state index in [1.807, 2.05) is 30.3 Å². The maximum absolute atomic E-state index is 8.89. The average Bonchev–Trinajstić information content (AvgIpc) is 2.64. The number of aliphatic hydroxyl groups is 1. The Labute approximate surface area is 112 Å². The minimum Gasteiger partial charge on any atom is -0.491 e. The van der Waals surface area contributed by atoms with Gasteiger partial charge >= 0.3 is 0 Å². The molecule has 3 heteroatoms. The summed E-state index contributed by atoms with van der Waals surface area (Å²) in [5.74, 6) is 1.66. The largest absolute Gasteiger partial charge is 0.491 e. The average molecular weight is 256 g/mol. The molecular formula is C16H16O3. The van der Waals surface area contributed by atoms with Gasteiger partial charge in [-0.1, -0.05) is 30.3 Å². The van der Waals surface area contributed by atoms with E-state index in [2.05, 4.69) is 12.1 Å². The van der Waals surface area contributed by atoms with Crippen LogP contribution in [-0.4, -0.2) is 18.3 Å². The molecular weight excluding hydrogens is 240 g/mol. The highest BCUT2D eigenvalue weighted by molar-refractivity contribution is 5.50. The van der Waals surface area contributed by atoms with Gasteiger partial charge in [-0.3, -0.25) is 0 Å². The summed E-state index contributed by atoms with van der Waals surface area (Å²) >= 11 is 0. The molecule has 19 heavy (non-hydrogen) atoms. The zero-order valence-electron chi connectivity index (χ0n) is 10.6. The van der Waals surface area contributed by atoms with E-state index in [1.165, 1.54) is 11.1 Å². The number of ether oxygens (including phenoxy) is 2. The van der Waals surface area contributed by atoms with Gasteiger partial charge in [0.2, 0.25) is 0 Å². The van der Waals surface area contributed by atoms with E-state index in [0.29, 0.717) is 13.2 Å². The van der Waals surface area contributed by atoms with Gasteiger partial charge in [0.1, 0.15) is 24.7 Å². The number of rotatable bonds is 3. The van der Waals surface area contributed by atoms with Crippen LogP contribution in [0, 0.1) is 0 Å². The Morgan fingerprint density at radius 2 is 1.89 bits per heavy atom. The smallest absolute Gasteiger partial charge is 0.127 e. The summed E-state index contributed by atoms with van der Waals surface area (Å²) < 4.78 is 11.4. The fourth-order valence-electron chi connectivity index (χ4n) is 2.36. The van der Waals surface area contributed by atoms with Crippen molar-refractivity contribution in [3.8, 4) is 11.5 Å². The summed E-state index contributed by atoms with van der Waals surface area (Å²) in [6.07, 6.45) is 0.799. The zero-order valence-corrected chi connectivity index (χ0v) is 10.6. The Kier molecular flexibility index (Phi) is 3.38. The molecule has 1 aliphatic heterocycles. The van der Waals surface area contributed by atoms with Crippen molar-refractivity contribution >= 4 is 0 Å². The van der Waals surface area contributed by atoms with Crippen LogP contribution in [0.25, 0.3) is 0 Å². The highest BCUT2D eigenvalue weighted by Crippen LogP contribution is 2.34. The number of benzene rings is 2. The highest BCUT2D eigenvalue weighted by Gasteiger charge is 2.17. The van der Waals surface area contributed by atoms with Gasteiger partial charge < -0.3 is 14.6 Å². The summed E-state index contributed by atoms with van der Waals surface area (Å²) in [6, 6.07) is 14.1. The van der Waals surface area contributed by atoms with Gasteiger partial charge in [0, 0.05) is 12.0 Å². The van der Waals surface area contributed by atoms with Crippen LogP contribution in [0.5, 0.6) is 11.5 Å². The fourth-order valence-corrected chi connectivity index (χ4v) is 2.36. The van der Waals surface area contributed by atoms with Crippen LogP contribution in [0.4, 0.5) is 0 Å². The summed E-state index contributed by atoms with van der Waals surface area (Å²) in [6.45, 7) is 0.909. The minimum atomic E-state index is 0.0150. The van der Waals surface area contributed by atoms with E-state index >= 15 is 0 Å². The second kappa shape index (κ2) is 5.33. The Morgan fingerprint density at radius 3 is 2.74 bits per heavy atom. The summed E-state index contributed by atoms with van der Waals surface area (Å²) in [7, 11) is 0. The predicted molar refractivity (Wildman–Crippen MR) is 72.6 cm³/mol. The Hall–Kier alpha value is -2.00. The molecule has 0 saturated carbocycles. The molecule has 98 valence electrons. The van der Waals surface area contributed by atoms with E-state index in [-0.39, 0.29) is 6.61 Å². The van der Waals surface area contributed by atoms with Crippen LogP contribution in [0.3, 0.4) is 0 Å². The number of hydrogen-bond acceptors (Lipinski definition) is 3. The van der Waals surface area contributed by atoms with E-state index in [4.69, 9.17) is 14.6 Å². The molecule has 2 aromatic rings. The van der Waals surface area contributed by atoms with Gasteiger partial charge in [0.25, 0.3) is 0 Å². The van der Waals surface area contributed by atoms with Crippen LogP contribution in [0.1, 0.15) is 16.7 Å². The molecule has 1 N–H and O–H groups in total. The van der Waals surface area contributed by atoms with E-state index in [0.717, 1.165) is 23.5 Å². The lowest BCUT2D eigenvalue weighted by Crippen LogP contribution is -2.04. The predicted octanol–water partition coefficient (Wildman–Crippen LogP) is 2.54. The first kappa shape index (κ1) is 12.1. The summed E-state index contributed by atoms with van der Waals surface area (Å²) in [4.78, 5) is 0. The summed E-state index contributed by atoms with van der Waals surface area (Å²) in [5, 5.41) is 8.89. The number of hydrogen-bond donors (Lipinski definition) is 1. The third-order valence-corrected chi connectivity index (χ3v) is 3.31. The van der Waals surface area contributed by atoms with E-state index in [9.17, 15) is 0 Å². The molecule has 0 radical (unpaired) electrons. The molecule has 1 aliphatic rings. The number of aliphatic hydroxyl groups excluding tert-OH is 1. The first-order valence-corrected chi connectivity index (χ1v) is 6.43. The molecule has 0 spiro atoms. The van der Waals surface area contributed by atoms with E-state index < -0.39 is 0 Å². The molecule has 1 heterocycles. The van der Waals surface area contributed by atoms with Gasteiger partial charge in [-0.15, -0.1) is 0 Å². The first-order chi connectivity index (χ1) is 9.38. The maximum Gasteiger partial charge on any atom is 0.127 e. The zero-order chi connectivity index (χ0) is 13.1. The minimum absolute atomic E-state index is 0.0150. The molecule has 0 aromatic heterocycles. The molecule has 0 saturated heterocycles. The van der Waals surface area contributed by atoms with Crippen LogP contribution < -0.4 is 9.47 Å². The molecule has 0 fully saturated rings. The summed E-state index contributed by atoms with van der Waals surface area (Å²) in [5.41, 5.74) is 3.54. The third kappa shape index (κ3) is 2.42. The highest BCUT2D eigenvalue weighted by atomic mass is 16.5. The van der Waals surface area contributed by atoms with Gasteiger partial charge in [0.05, 0.1) is 6.61 Å². The van der Waals surface area contributed by atoms with Crippen molar-refractivity contribution < 1.29 is 14.6 Å². The van der Waals surface area contributed by atoms with Crippen molar-refractivity contribution in [2.45, 2.75) is 13.0 Å². The molecule has 3 nitrogen and oxygen atoms in total. The lowest BCUT2D eigenvalue weighted by Gasteiger charge is -2.12. The van der Waals surface area contributed by atoms with Crippen LogP contribution >= 0.6 is 0 Å². The third-order valence-electron chi connectivity index (χ3n) is 3.31. The van der Waals surface area contributed by atoms with Crippen LogP contribution in [-0.2, 0) is 13.0 Å². The second-order valence-electron chi connectivity index (χ2n) is 4.54. The molecule has 0 aliphatic carbocycles. The maximum atomic E-state index is 8.89. The normalized spacial score (nSPS) is 12.9. The first-order valence-electron chi connectivity index (χ1n) is 6.43. The second-order valence-corrected chi connectivity index (χ2v) is 4.54. The lowest BCUT2D eigenvalue weighted by molar-refractivity contribution is 0.199. The van der Waals surface area contributed by atoms with Crippen molar-refractivity contribution in [1.29, 1.82) is 0 Å². The van der Waals surface area contributed by atoms with Crippen molar-refractivity contribution in [2.75, 3.05) is 13.2 Å². The molecule has 0 amide bonds. The van der Waals surface area contributed by atoms with Crippen LogP contribution in [0.2, 0.25) is 0 Å². The number of fused-ring (bicyclic) bond motifs is 2. The van der Waals surface area contributed by atoms with Crippen LogP contribution in [0.15, 0.2) is 42.5 Å². The Balaban J connectivity index is 1.99. The Bertz CT molecular complexity index is 578. The molecule has 0 atom stereocenters. The standard InChI is InChI=1S/C16H16O3/c17-8-9-18-15-6-3-7-16-14(15)10-12-4-1-2-5-13(12)11-19-16/h1-7,17H,8-11H2. The lowest BCUT2D eigenvalue weighted by atomic mass is 10.00. The van der Waals surface area contributed by atoms with Gasteiger partial charge in [-0.25, -0.2) is 0 Å². The van der Waals surface area contributed by atoms with Crippen molar-refractivity contribution in [3.63, 3.8) is 0 Å². The SMILES string of the molecule is OCCOc1cccc2c1Cc1ccccc1CO2. The monoisotopic (exact) mass is 256 g/mol. The van der Waals surface area contributed by atoms with Gasteiger partial charge in [0.15, 0.2) is 0 Å². The molecule has 0 unspecified atom stereocenters. The van der Waals surface area contributed by atoms with Crippen molar-refractivity contribution in [2.24, 2.45) is 0 Å². The molecule has 3 rings (SSSR count). The van der Waals surface area contributed by atoms with Crippen molar-refractivity contribution in [3.05, 3.63) is 59.2 Å². The molecule has 0 bridgehead atoms. The Morgan fingerprint density at radius 1 is 1.05 bits per heavy atom. The van der Waals surface area contributed by atoms with E-state index in [1.54, 1.807) is 0 Å². The van der Waals surface area contributed by atoms with Gasteiger partial charge in [-0.05, 0) is 23.3 Å². The van der Waals surface area contributed by atoms with Crippen molar-refractivity contribution in [1.82, 2.24) is 0 Å². The molecule has 2 aromatic carbocycles. The fraction of sp³-hybridized carbons (Fsp3) is 0.250. The van der Waals surface area contributed by atoms with Gasteiger partial charge in [-0.2, -0.15) is 0 Å².